The number of aromatic amines is 1. The number of nitrogens with one attached hydrogen (secondary N) is 2. The minimum Gasteiger partial charge on any atom is -0.496 e. The Hall–Kier alpha value is -2.80. The Morgan fingerprint density at radius 2 is 2.10 bits per heavy atom. The van der Waals surface area contributed by atoms with Crippen LogP contribution in [0.25, 0.3) is 5.57 Å². The first-order valence-corrected chi connectivity index (χ1v) is 6.39. The molecule has 0 saturated heterocycles. The van der Waals surface area contributed by atoms with Crippen molar-refractivity contribution < 1.29 is 4.74 Å². The van der Waals surface area contributed by atoms with Crippen LogP contribution in [0.3, 0.4) is 0 Å². The molecule has 21 heavy (non-hydrogen) atoms. The van der Waals surface area contributed by atoms with Gasteiger partial charge < -0.3 is 15.8 Å². The smallest absolute Gasteiger partial charge is 0.195 e. The van der Waals surface area contributed by atoms with E-state index in [0.717, 1.165) is 16.7 Å². The van der Waals surface area contributed by atoms with Crippen LogP contribution in [-0.4, -0.2) is 23.3 Å². The summed E-state index contributed by atoms with van der Waals surface area (Å²) in [5, 5.41) is 9.62. The highest BCUT2D eigenvalue weighted by atomic mass is 16.5. The zero-order chi connectivity index (χ0) is 14.9. The average Bonchev–Trinajstić information content (AvgIpc) is 3.01. The minimum atomic E-state index is -1.15. The van der Waals surface area contributed by atoms with E-state index >= 15 is 0 Å². The number of para-hydroxylation sites is 1. The summed E-state index contributed by atoms with van der Waals surface area (Å²) >= 11 is 0. The van der Waals surface area contributed by atoms with Gasteiger partial charge in [-0.25, -0.2) is 4.99 Å². The summed E-state index contributed by atoms with van der Waals surface area (Å²) in [5.41, 5.74) is 13.5. The molecule has 0 aliphatic carbocycles. The molecule has 1 aliphatic rings. The molecular weight excluding hydrogens is 268 g/mol. The predicted molar refractivity (Wildman–Crippen MR) is 80.2 cm³/mol. The van der Waals surface area contributed by atoms with Gasteiger partial charge >= 0.3 is 0 Å². The van der Waals surface area contributed by atoms with Gasteiger partial charge in [0.15, 0.2) is 11.6 Å². The molecule has 6 N–H and O–H groups in total. The fraction of sp³-hybridized carbons (Fsp3) is 0.143. The Balaban J connectivity index is 2.19. The molecule has 2 heterocycles. The van der Waals surface area contributed by atoms with E-state index in [1.807, 2.05) is 24.3 Å². The Labute approximate surface area is 121 Å². The third-order valence-electron chi connectivity index (χ3n) is 3.40. The van der Waals surface area contributed by atoms with E-state index in [2.05, 4.69) is 20.5 Å². The number of rotatable bonds is 3. The average molecular weight is 284 g/mol. The Kier molecular flexibility index (Phi) is 3.11. The Morgan fingerprint density at radius 1 is 1.29 bits per heavy atom. The number of H-pyrrole nitrogens is 1. The third-order valence-corrected chi connectivity index (χ3v) is 3.40. The summed E-state index contributed by atoms with van der Waals surface area (Å²) in [4.78, 5) is 4.40. The number of aromatic nitrogens is 2. The lowest BCUT2D eigenvalue weighted by Gasteiger charge is -2.32. The molecule has 1 unspecified atom stereocenters. The molecule has 7 heteroatoms. The largest absolute Gasteiger partial charge is 0.496 e. The van der Waals surface area contributed by atoms with Gasteiger partial charge in [0.1, 0.15) is 5.75 Å². The normalized spacial score (nSPS) is 21.2. The maximum absolute atomic E-state index is 6.59. The zero-order valence-electron chi connectivity index (χ0n) is 11.5. The lowest BCUT2D eigenvalue weighted by Crippen LogP contribution is -2.45. The highest BCUT2D eigenvalue weighted by Gasteiger charge is 2.37. The SMILES string of the molecule is COc1ccccc1C1(N)N=C(N)NC=C1c1cn[nH]c1. The van der Waals surface area contributed by atoms with Crippen molar-refractivity contribution in [2.75, 3.05) is 7.11 Å². The molecule has 0 fully saturated rings. The first-order valence-electron chi connectivity index (χ1n) is 6.39. The quantitative estimate of drug-likeness (QED) is 0.655. The predicted octanol–water partition coefficient (Wildman–Crippen LogP) is 0.489. The molecule has 0 amide bonds. The van der Waals surface area contributed by atoms with Crippen molar-refractivity contribution in [1.82, 2.24) is 15.5 Å². The van der Waals surface area contributed by atoms with Crippen LogP contribution in [0.2, 0.25) is 0 Å². The summed E-state index contributed by atoms with van der Waals surface area (Å²) in [7, 11) is 1.59. The third kappa shape index (κ3) is 2.13. The monoisotopic (exact) mass is 284 g/mol. The topological polar surface area (TPSA) is 114 Å². The van der Waals surface area contributed by atoms with Crippen molar-refractivity contribution in [1.29, 1.82) is 0 Å². The Bertz CT molecular complexity index is 706. The molecule has 7 nitrogen and oxygen atoms in total. The highest BCUT2D eigenvalue weighted by molar-refractivity contribution is 5.88. The van der Waals surface area contributed by atoms with Crippen LogP contribution >= 0.6 is 0 Å². The van der Waals surface area contributed by atoms with Crippen molar-refractivity contribution in [3.8, 4) is 5.75 Å². The standard InChI is InChI=1S/C14H16N6O/c1-21-12-5-3-2-4-10(12)14(16)11(8-17-13(15)20-14)9-6-18-19-7-9/h2-8H,16H2,1H3,(H,18,19)(H3,15,17,20). The van der Waals surface area contributed by atoms with Crippen molar-refractivity contribution in [2.45, 2.75) is 5.66 Å². The molecule has 1 aromatic heterocycles. The second-order valence-electron chi connectivity index (χ2n) is 4.65. The van der Waals surface area contributed by atoms with Crippen LogP contribution in [0, 0.1) is 0 Å². The molecule has 0 spiro atoms. The van der Waals surface area contributed by atoms with Crippen molar-refractivity contribution in [3.63, 3.8) is 0 Å². The van der Waals surface area contributed by atoms with Crippen molar-refractivity contribution in [3.05, 3.63) is 54.0 Å². The number of benzene rings is 1. The lowest BCUT2D eigenvalue weighted by atomic mass is 9.88. The number of hydrogen-bond donors (Lipinski definition) is 4. The van der Waals surface area contributed by atoms with Crippen LogP contribution in [0.4, 0.5) is 0 Å². The van der Waals surface area contributed by atoms with Gasteiger partial charge in [-0.3, -0.25) is 10.8 Å². The first-order chi connectivity index (χ1) is 10.1. The van der Waals surface area contributed by atoms with Gasteiger partial charge in [0, 0.05) is 29.1 Å². The number of ether oxygens (including phenoxy) is 1. The molecule has 1 atom stereocenters. The number of aliphatic imine (C=N–C) groups is 1. The van der Waals surface area contributed by atoms with E-state index < -0.39 is 5.66 Å². The van der Waals surface area contributed by atoms with Gasteiger partial charge in [0.25, 0.3) is 0 Å². The summed E-state index contributed by atoms with van der Waals surface area (Å²) in [6, 6.07) is 7.47. The number of hydrogen-bond acceptors (Lipinski definition) is 6. The van der Waals surface area contributed by atoms with Gasteiger partial charge in [-0.05, 0) is 6.07 Å². The summed E-state index contributed by atoms with van der Waals surface area (Å²) < 4.78 is 5.40. The van der Waals surface area contributed by atoms with Crippen molar-refractivity contribution >= 4 is 11.5 Å². The van der Waals surface area contributed by atoms with Gasteiger partial charge in [-0.2, -0.15) is 5.10 Å². The van der Waals surface area contributed by atoms with Crippen LogP contribution in [-0.2, 0) is 5.66 Å². The molecule has 0 bridgehead atoms. The molecule has 3 rings (SSSR count). The van der Waals surface area contributed by atoms with Gasteiger partial charge in [0.2, 0.25) is 0 Å². The fourth-order valence-corrected chi connectivity index (χ4v) is 2.41. The van der Waals surface area contributed by atoms with E-state index in [0.29, 0.717) is 5.75 Å². The minimum absolute atomic E-state index is 0.246. The molecule has 1 aliphatic heterocycles. The van der Waals surface area contributed by atoms with Gasteiger partial charge in [-0.1, -0.05) is 18.2 Å². The number of nitrogens with zero attached hydrogens (tertiary/aromatic N) is 2. The lowest BCUT2D eigenvalue weighted by molar-refractivity contribution is 0.399. The van der Waals surface area contributed by atoms with Crippen LogP contribution in [0.5, 0.6) is 5.75 Å². The summed E-state index contributed by atoms with van der Waals surface area (Å²) in [6.07, 6.45) is 5.17. The maximum atomic E-state index is 6.59. The molecule has 0 saturated carbocycles. The molecule has 108 valence electrons. The van der Waals surface area contributed by atoms with Gasteiger partial charge in [-0.15, -0.1) is 0 Å². The molecular formula is C14H16N6O. The van der Waals surface area contributed by atoms with E-state index in [1.54, 1.807) is 25.7 Å². The zero-order valence-corrected chi connectivity index (χ0v) is 11.5. The van der Waals surface area contributed by atoms with E-state index in [1.165, 1.54) is 0 Å². The number of methoxy groups -OCH3 is 1. The van der Waals surface area contributed by atoms with E-state index in [-0.39, 0.29) is 5.96 Å². The molecule has 2 aromatic rings. The van der Waals surface area contributed by atoms with E-state index in [9.17, 15) is 0 Å². The first kappa shape index (κ1) is 13.2. The van der Waals surface area contributed by atoms with Gasteiger partial charge in [0.05, 0.1) is 13.3 Å². The highest BCUT2D eigenvalue weighted by Crippen LogP contribution is 2.40. The molecule has 0 radical (unpaired) electrons. The maximum Gasteiger partial charge on any atom is 0.195 e. The van der Waals surface area contributed by atoms with Crippen molar-refractivity contribution in [2.24, 2.45) is 16.5 Å². The van der Waals surface area contributed by atoms with E-state index in [4.69, 9.17) is 16.2 Å². The Morgan fingerprint density at radius 3 is 2.81 bits per heavy atom. The van der Waals surface area contributed by atoms with Crippen LogP contribution < -0.4 is 21.5 Å². The fourth-order valence-electron chi connectivity index (χ4n) is 2.41. The van der Waals surface area contributed by atoms with Crippen LogP contribution in [0.15, 0.2) is 47.9 Å². The molecule has 1 aromatic carbocycles. The summed E-state index contributed by atoms with van der Waals surface area (Å²) in [6.45, 7) is 0. The van der Waals surface area contributed by atoms with Crippen LogP contribution in [0.1, 0.15) is 11.1 Å². The second kappa shape index (κ2) is 4.95. The number of nitrogens with two attached hydrogens (primary N) is 2. The summed E-state index contributed by atoms with van der Waals surface area (Å²) in [5.74, 6) is 0.892. The number of guanidine groups is 1. The second-order valence-corrected chi connectivity index (χ2v) is 4.65.